The average Bonchev–Trinajstić information content (AvgIpc) is 2.32. The molecule has 0 amide bonds. The first kappa shape index (κ1) is 16.4. The number of hydrogen-bond acceptors (Lipinski definition) is 5. The van der Waals surface area contributed by atoms with Gasteiger partial charge >= 0.3 is 0 Å². The van der Waals surface area contributed by atoms with Crippen LogP contribution in [0.1, 0.15) is 6.92 Å². The Balaban J connectivity index is 2.79. The maximum absolute atomic E-state index is 11.9. The van der Waals surface area contributed by atoms with E-state index in [2.05, 4.69) is 20.7 Å². The van der Waals surface area contributed by atoms with E-state index in [-0.39, 0.29) is 22.9 Å². The molecule has 1 rings (SSSR count). The molecule has 0 aromatic heterocycles. The Morgan fingerprint density at radius 1 is 1.26 bits per heavy atom. The summed E-state index contributed by atoms with van der Waals surface area (Å²) in [4.78, 5) is 0.0301. The molecule has 1 aromatic carbocycles. The second-order valence-electron chi connectivity index (χ2n) is 3.82. The molecular weight excluding hydrogens is 356 g/mol. The van der Waals surface area contributed by atoms with E-state index in [1.54, 1.807) is 0 Å². The summed E-state index contributed by atoms with van der Waals surface area (Å²) >= 11 is 3.14. The lowest BCUT2D eigenvalue weighted by Gasteiger charge is -2.08. The lowest BCUT2D eigenvalue weighted by Crippen LogP contribution is -2.29. The number of halogens is 1. The molecule has 9 heteroatoms. The molecule has 0 saturated heterocycles. The van der Waals surface area contributed by atoms with Gasteiger partial charge in [0, 0.05) is 22.5 Å². The van der Waals surface area contributed by atoms with Crippen molar-refractivity contribution in [3.05, 3.63) is 22.7 Å². The van der Waals surface area contributed by atoms with E-state index in [1.807, 2.05) is 0 Å². The summed E-state index contributed by atoms with van der Waals surface area (Å²) in [5.74, 6) is -0.235. The second kappa shape index (κ2) is 6.21. The van der Waals surface area contributed by atoms with Gasteiger partial charge in [0.05, 0.1) is 10.6 Å². The number of nitrogens with two attached hydrogens (primary N) is 1. The van der Waals surface area contributed by atoms with Crippen molar-refractivity contribution in [2.24, 2.45) is 0 Å². The summed E-state index contributed by atoms with van der Waals surface area (Å²) in [6, 6.07) is 4.18. The zero-order valence-corrected chi connectivity index (χ0v) is 13.5. The summed E-state index contributed by atoms with van der Waals surface area (Å²) in [7, 11) is -6.93. The SMILES string of the molecule is CCS(=O)(=O)CCNS(=O)(=O)c1ccc(N)c(Br)c1. The lowest BCUT2D eigenvalue weighted by atomic mass is 10.3. The maximum atomic E-state index is 11.9. The number of sulfone groups is 1. The number of benzene rings is 1. The fourth-order valence-corrected chi connectivity index (χ4v) is 3.65. The Morgan fingerprint density at radius 3 is 2.42 bits per heavy atom. The molecule has 0 radical (unpaired) electrons. The summed E-state index contributed by atoms with van der Waals surface area (Å²) in [5.41, 5.74) is 5.99. The molecular formula is C10H15BrN2O4S2. The van der Waals surface area contributed by atoms with Crippen LogP contribution in [0.4, 0.5) is 5.69 Å². The highest BCUT2D eigenvalue weighted by molar-refractivity contribution is 9.10. The maximum Gasteiger partial charge on any atom is 0.240 e. The second-order valence-corrected chi connectivity index (χ2v) is 8.91. The van der Waals surface area contributed by atoms with Crippen LogP contribution in [-0.4, -0.2) is 34.9 Å². The van der Waals surface area contributed by atoms with Crippen LogP contribution in [0.3, 0.4) is 0 Å². The Labute approximate surface area is 121 Å². The van der Waals surface area contributed by atoms with Gasteiger partial charge in [-0.15, -0.1) is 0 Å². The highest BCUT2D eigenvalue weighted by Gasteiger charge is 2.16. The van der Waals surface area contributed by atoms with Gasteiger partial charge in [0.1, 0.15) is 0 Å². The largest absolute Gasteiger partial charge is 0.398 e. The summed E-state index contributed by atoms with van der Waals surface area (Å²) in [5, 5.41) is 0. The molecule has 108 valence electrons. The number of rotatable bonds is 6. The highest BCUT2D eigenvalue weighted by Crippen LogP contribution is 2.22. The molecule has 0 saturated carbocycles. The van der Waals surface area contributed by atoms with Crippen molar-refractivity contribution in [2.45, 2.75) is 11.8 Å². The van der Waals surface area contributed by atoms with Crippen molar-refractivity contribution in [2.75, 3.05) is 23.8 Å². The minimum absolute atomic E-state index is 0.0118. The first-order chi connectivity index (χ1) is 8.68. The van der Waals surface area contributed by atoms with Crippen LogP contribution in [0.5, 0.6) is 0 Å². The van der Waals surface area contributed by atoms with Crippen molar-refractivity contribution in [1.29, 1.82) is 0 Å². The molecule has 0 atom stereocenters. The van der Waals surface area contributed by atoms with E-state index in [9.17, 15) is 16.8 Å². The van der Waals surface area contributed by atoms with Crippen molar-refractivity contribution < 1.29 is 16.8 Å². The Hall–Kier alpha value is -0.640. The average molecular weight is 371 g/mol. The molecule has 0 aliphatic rings. The van der Waals surface area contributed by atoms with Crippen LogP contribution in [0, 0.1) is 0 Å². The van der Waals surface area contributed by atoms with Gasteiger partial charge in [-0.3, -0.25) is 0 Å². The van der Waals surface area contributed by atoms with Crippen LogP contribution >= 0.6 is 15.9 Å². The van der Waals surface area contributed by atoms with Crippen molar-refractivity contribution in [3.63, 3.8) is 0 Å². The van der Waals surface area contributed by atoms with Gasteiger partial charge in [0.15, 0.2) is 9.84 Å². The monoisotopic (exact) mass is 370 g/mol. The fourth-order valence-electron chi connectivity index (χ4n) is 1.23. The Kier molecular flexibility index (Phi) is 5.36. The molecule has 1 aromatic rings. The molecule has 0 heterocycles. The smallest absolute Gasteiger partial charge is 0.240 e. The quantitative estimate of drug-likeness (QED) is 0.718. The van der Waals surface area contributed by atoms with E-state index in [1.165, 1.54) is 25.1 Å². The molecule has 3 N–H and O–H groups in total. The van der Waals surface area contributed by atoms with Crippen LogP contribution < -0.4 is 10.5 Å². The number of nitrogen functional groups attached to an aromatic ring is 1. The Bertz CT molecular complexity index is 656. The normalized spacial score (nSPS) is 12.5. The Morgan fingerprint density at radius 2 is 1.89 bits per heavy atom. The topological polar surface area (TPSA) is 106 Å². The number of hydrogen-bond donors (Lipinski definition) is 2. The van der Waals surface area contributed by atoms with Gasteiger partial charge in [-0.05, 0) is 34.1 Å². The third kappa shape index (κ3) is 4.75. The van der Waals surface area contributed by atoms with Gasteiger partial charge in [0.25, 0.3) is 0 Å². The standard InChI is InChI=1S/C10H15BrN2O4S2/c1-2-18(14,15)6-5-13-19(16,17)8-3-4-10(12)9(11)7-8/h3-4,7,13H,2,5-6,12H2,1H3. The lowest BCUT2D eigenvalue weighted by molar-refractivity contribution is 0.581. The predicted octanol–water partition coefficient (Wildman–Crippen LogP) is 0.744. The summed E-state index contributed by atoms with van der Waals surface area (Å²) in [6.07, 6.45) is 0. The predicted molar refractivity (Wildman–Crippen MR) is 78.1 cm³/mol. The van der Waals surface area contributed by atoms with Crippen molar-refractivity contribution in [1.82, 2.24) is 4.72 Å². The van der Waals surface area contributed by atoms with E-state index in [0.29, 0.717) is 10.2 Å². The molecule has 0 aliphatic carbocycles. The number of anilines is 1. The van der Waals surface area contributed by atoms with Gasteiger partial charge in [-0.25, -0.2) is 21.6 Å². The summed E-state index contributed by atoms with van der Waals surface area (Å²) in [6.45, 7) is 1.36. The van der Waals surface area contributed by atoms with Crippen molar-refractivity contribution >= 4 is 41.5 Å². The zero-order valence-electron chi connectivity index (χ0n) is 10.3. The molecule has 0 spiro atoms. The van der Waals surface area contributed by atoms with Gasteiger partial charge < -0.3 is 5.73 Å². The first-order valence-corrected chi connectivity index (χ1v) is 9.53. The third-order valence-electron chi connectivity index (χ3n) is 2.43. The molecule has 0 fully saturated rings. The first-order valence-electron chi connectivity index (χ1n) is 5.43. The van der Waals surface area contributed by atoms with Crippen LogP contribution in [0.25, 0.3) is 0 Å². The van der Waals surface area contributed by atoms with E-state index < -0.39 is 19.9 Å². The van der Waals surface area contributed by atoms with E-state index >= 15 is 0 Å². The van der Waals surface area contributed by atoms with Crippen molar-refractivity contribution in [3.8, 4) is 0 Å². The number of sulfonamides is 1. The minimum atomic E-state index is -3.73. The molecule has 0 bridgehead atoms. The fraction of sp³-hybridized carbons (Fsp3) is 0.400. The summed E-state index contributed by atoms with van der Waals surface area (Å²) < 4.78 is 49.0. The van der Waals surface area contributed by atoms with Gasteiger partial charge in [0.2, 0.25) is 10.0 Å². The molecule has 0 aliphatic heterocycles. The van der Waals surface area contributed by atoms with Gasteiger partial charge in [-0.1, -0.05) is 6.92 Å². The third-order valence-corrected chi connectivity index (χ3v) is 6.28. The molecule has 0 unspecified atom stereocenters. The van der Waals surface area contributed by atoms with Crippen LogP contribution in [-0.2, 0) is 19.9 Å². The van der Waals surface area contributed by atoms with E-state index in [0.717, 1.165) is 0 Å². The highest BCUT2D eigenvalue weighted by atomic mass is 79.9. The zero-order chi connectivity index (χ0) is 14.7. The van der Waals surface area contributed by atoms with Crippen LogP contribution in [0.2, 0.25) is 0 Å². The number of nitrogens with one attached hydrogen (secondary N) is 1. The van der Waals surface area contributed by atoms with Gasteiger partial charge in [-0.2, -0.15) is 0 Å². The van der Waals surface area contributed by atoms with Crippen LogP contribution in [0.15, 0.2) is 27.6 Å². The van der Waals surface area contributed by atoms with E-state index in [4.69, 9.17) is 5.73 Å². The minimum Gasteiger partial charge on any atom is -0.398 e. The molecule has 6 nitrogen and oxygen atoms in total. The molecule has 19 heavy (non-hydrogen) atoms.